The van der Waals surface area contributed by atoms with E-state index >= 15 is 0 Å². The van der Waals surface area contributed by atoms with Crippen molar-refractivity contribution in [2.24, 2.45) is 0 Å². The minimum absolute atomic E-state index is 0.287. The van der Waals surface area contributed by atoms with Gasteiger partial charge in [-0.25, -0.2) is 14.4 Å². The lowest BCUT2D eigenvalue weighted by atomic mass is 10.2. The van der Waals surface area contributed by atoms with Crippen LogP contribution in [-0.4, -0.2) is 9.97 Å². The van der Waals surface area contributed by atoms with Crippen molar-refractivity contribution in [2.45, 2.75) is 6.92 Å². The van der Waals surface area contributed by atoms with E-state index in [-0.39, 0.29) is 5.82 Å². The summed E-state index contributed by atoms with van der Waals surface area (Å²) in [5.74, 6) is 0.155. The summed E-state index contributed by atoms with van der Waals surface area (Å²) < 4.78 is 13.8. The molecule has 1 aromatic heterocycles. The lowest BCUT2D eigenvalue weighted by molar-refractivity contribution is 0.628. The molecule has 0 unspecified atom stereocenters. The largest absolute Gasteiger partial charge is 0.324 e. The van der Waals surface area contributed by atoms with Crippen LogP contribution >= 0.6 is 15.9 Å². The van der Waals surface area contributed by atoms with Gasteiger partial charge in [-0.1, -0.05) is 6.07 Å². The molecule has 82 valence electrons. The maximum Gasteiger partial charge on any atom is 0.227 e. The Kier molecular flexibility index (Phi) is 3.14. The van der Waals surface area contributed by atoms with Crippen LogP contribution in [0.4, 0.5) is 16.0 Å². The number of nitrogens with zero attached hydrogens (tertiary/aromatic N) is 2. The normalized spacial score (nSPS) is 10.2. The molecule has 1 aromatic carbocycles. The molecule has 0 radical (unpaired) electrons. The number of aromatic nitrogens is 2. The first-order valence-electron chi connectivity index (χ1n) is 4.66. The minimum Gasteiger partial charge on any atom is -0.324 e. The van der Waals surface area contributed by atoms with Crippen molar-refractivity contribution in [3.63, 3.8) is 0 Å². The molecule has 0 bridgehead atoms. The van der Waals surface area contributed by atoms with E-state index in [2.05, 4.69) is 31.2 Å². The molecular formula is C11H9BrFN3. The summed E-state index contributed by atoms with van der Waals surface area (Å²) in [6, 6.07) is 4.54. The highest BCUT2D eigenvalue weighted by atomic mass is 79.9. The topological polar surface area (TPSA) is 37.8 Å². The molecule has 0 fully saturated rings. The molecule has 0 aliphatic carbocycles. The molecule has 0 aliphatic heterocycles. The summed E-state index contributed by atoms with van der Waals surface area (Å²) in [5, 5.41) is 2.96. The molecule has 1 N–H and O–H groups in total. The lowest BCUT2D eigenvalue weighted by Gasteiger charge is -2.07. The van der Waals surface area contributed by atoms with Crippen molar-refractivity contribution in [3.05, 3.63) is 46.4 Å². The predicted octanol–water partition coefficient (Wildman–Crippen LogP) is 3.43. The van der Waals surface area contributed by atoms with E-state index in [0.717, 1.165) is 10.0 Å². The summed E-state index contributed by atoms with van der Waals surface area (Å²) in [6.45, 7) is 1.89. The number of hydrogen-bond acceptors (Lipinski definition) is 3. The van der Waals surface area contributed by atoms with Gasteiger partial charge in [0.2, 0.25) is 5.95 Å². The summed E-state index contributed by atoms with van der Waals surface area (Å²) >= 11 is 3.24. The van der Waals surface area contributed by atoms with E-state index in [1.165, 1.54) is 12.1 Å². The summed E-state index contributed by atoms with van der Waals surface area (Å²) in [7, 11) is 0. The minimum atomic E-state index is -0.287. The summed E-state index contributed by atoms with van der Waals surface area (Å²) in [5.41, 5.74) is 1.61. The highest BCUT2D eigenvalue weighted by Gasteiger charge is 2.02. The van der Waals surface area contributed by atoms with Crippen LogP contribution in [0.3, 0.4) is 0 Å². The molecule has 2 rings (SSSR count). The molecule has 0 amide bonds. The molecule has 0 saturated carbocycles. The van der Waals surface area contributed by atoms with Crippen LogP contribution in [0.15, 0.2) is 35.1 Å². The van der Waals surface area contributed by atoms with Gasteiger partial charge < -0.3 is 5.32 Å². The molecule has 16 heavy (non-hydrogen) atoms. The zero-order valence-corrected chi connectivity index (χ0v) is 10.1. The van der Waals surface area contributed by atoms with Gasteiger partial charge in [-0.2, -0.15) is 0 Å². The number of halogens is 2. The average molecular weight is 282 g/mol. The van der Waals surface area contributed by atoms with Gasteiger partial charge in [0.15, 0.2) is 0 Å². The van der Waals surface area contributed by atoms with E-state index in [9.17, 15) is 4.39 Å². The van der Waals surface area contributed by atoms with Crippen molar-refractivity contribution < 1.29 is 4.39 Å². The van der Waals surface area contributed by atoms with Crippen molar-refractivity contribution >= 4 is 27.6 Å². The second kappa shape index (κ2) is 4.57. The molecule has 0 aliphatic rings. The van der Waals surface area contributed by atoms with Gasteiger partial charge in [0.05, 0.1) is 4.47 Å². The third kappa shape index (κ3) is 2.55. The van der Waals surface area contributed by atoms with E-state index in [4.69, 9.17) is 0 Å². The quantitative estimate of drug-likeness (QED) is 0.917. The van der Waals surface area contributed by atoms with E-state index in [1.54, 1.807) is 18.5 Å². The molecule has 5 heteroatoms. The maximum absolute atomic E-state index is 13.0. The van der Waals surface area contributed by atoms with E-state index in [0.29, 0.717) is 11.6 Å². The van der Waals surface area contributed by atoms with Crippen LogP contribution in [0.5, 0.6) is 0 Å². The number of aryl methyl sites for hydroxylation is 1. The Morgan fingerprint density at radius 2 is 1.94 bits per heavy atom. The fourth-order valence-corrected chi connectivity index (χ4v) is 1.43. The average Bonchev–Trinajstić information content (AvgIpc) is 2.27. The Balaban J connectivity index is 2.26. The van der Waals surface area contributed by atoms with Crippen LogP contribution in [0.2, 0.25) is 0 Å². The Labute approximate surface area is 101 Å². The SMILES string of the molecule is Cc1ccc(F)cc1Nc1ncc(Br)cn1. The smallest absolute Gasteiger partial charge is 0.227 e. The standard InChI is InChI=1S/C11H9BrFN3/c1-7-2-3-9(13)4-10(7)16-11-14-5-8(12)6-15-11/h2-6H,1H3,(H,14,15,16). The van der Waals surface area contributed by atoms with Gasteiger partial charge in [-0.05, 0) is 40.5 Å². The lowest BCUT2D eigenvalue weighted by Crippen LogP contribution is -1.98. The van der Waals surface area contributed by atoms with Crippen molar-refractivity contribution in [1.82, 2.24) is 9.97 Å². The van der Waals surface area contributed by atoms with Gasteiger partial charge in [0, 0.05) is 18.1 Å². The second-order valence-electron chi connectivity index (χ2n) is 3.31. The van der Waals surface area contributed by atoms with Crippen LogP contribution in [0.1, 0.15) is 5.56 Å². The zero-order valence-electron chi connectivity index (χ0n) is 8.54. The summed E-state index contributed by atoms with van der Waals surface area (Å²) in [4.78, 5) is 8.11. The van der Waals surface area contributed by atoms with Crippen LogP contribution < -0.4 is 5.32 Å². The van der Waals surface area contributed by atoms with Gasteiger partial charge in [0.1, 0.15) is 5.82 Å². The van der Waals surface area contributed by atoms with Crippen molar-refractivity contribution in [2.75, 3.05) is 5.32 Å². The van der Waals surface area contributed by atoms with Gasteiger partial charge in [-0.15, -0.1) is 0 Å². The molecule has 3 nitrogen and oxygen atoms in total. The number of nitrogens with one attached hydrogen (secondary N) is 1. The molecular weight excluding hydrogens is 273 g/mol. The molecule has 0 atom stereocenters. The number of hydrogen-bond donors (Lipinski definition) is 1. The Bertz CT molecular complexity index is 499. The van der Waals surface area contributed by atoms with E-state index < -0.39 is 0 Å². The number of benzene rings is 1. The Morgan fingerprint density at radius 3 is 2.62 bits per heavy atom. The first-order chi connectivity index (χ1) is 7.65. The molecule has 1 heterocycles. The highest BCUT2D eigenvalue weighted by molar-refractivity contribution is 9.10. The molecule has 0 saturated heterocycles. The number of anilines is 2. The van der Waals surface area contributed by atoms with Crippen molar-refractivity contribution in [3.8, 4) is 0 Å². The molecule has 2 aromatic rings. The third-order valence-corrected chi connectivity index (χ3v) is 2.48. The Morgan fingerprint density at radius 1 is 1.25 bits per heavy atom. The first kappa shape index (κ1) is 11.0. The predicted molar refractivity (Wildman–Crippen MR) is 64.2 cm³/mol. The highest BCUT2D eigenvalue weighted by Crippen LogP contribution is 2.19. The Hall–Kier alpha value is -1.49. The maximum atomic E-state index is 13.0. The van der Waals surface area contributed by atoms with Crippen LogP contribution in [0, 0.1) is 12.7 Å². The van der Waals surface area contributed by atoms with Crippen LogP contribution in [-0.2, 0) is 0 Å². The van der Waals surface area contributed by atoms with Crippen molar-refractivity contribution in [1.29, 1.82) is 0 Å². The third-order valence-electron chi connectivity index (χ3n) is 2.07. The monoisotopic (exact) mass is 281 g/mol. The van der Waals surface area contributed by atoms with Gasteiger partial charge in [-0.3, -0.25) is 0 Å². The van der Waals surface area contributed by atoms with Crippen LogP contribution in [0.25, 0.3) is 0 Å². The second-order valence-corrected chi connectivity index (χ2v) is 4.22. The number of rotatable bonds is 2. The fraction of sp³-hybridized carbons (Fsp3) is 0.0909. The molecule has 0 spiro atoms. The zero-order chi connectivity index (χ0) is 11.5. The van der Waals surface area contributed by atoms with Gasteiger partial charge >= 0.3 is 0 Å². The van der Waals surface area contributed by atoms with Gasteiger partial charge in [0.25, 0.3) is 0 Å². The first-order valence-corrected chi connectivity index (χ1v) is 5.45. The summed E-state index contributed by atoms with van der Waals surface area (Å²) in [6.07, 6.45) is 3.26. The van der Waals surface area contributed by atoms with E-state index in [1.807, 2.05) is 6.92 Å². The fourth-order valence-electron chi connectivity index (χ4n) is 1.23.